The van der Waals surface area contributed by atoms with Gasteiger partial charge >= 0.3 is 5.97 Å². The Labute approximate surface area is 97.2 Å². The first-order valence-corrected chi connectivity index (χ1v) is 5.78. The van der Waals surface area contributed by atoms with Gasteiger partial charge in [0, 0.05) is 0 Å². The third kappa shape index (κ3) is 2.85. The highest BCUT2D eigenvalue weighted by atomic mass is 16.4. The van der Waals surface area contributed by atoms with Gasteiger partial charge in [-0.3, -0.25) is 0 Å². The zero-order valence-corrected chi connectivity index (χ0v) is 10.6. The lowest BCUT2D eigenvalue weighted by Gasteiger charge is -2.39. The summed E-state index contributed by atoms with van der Waals surface area (Å²) in [5.74, 6) is -1.01. The number of carboxylic acids is 1. The Morgan fingerprint density at radius 3 is 2.69 bits per heavy atom. The second-order valence-corrected chi connectivity index (χ2v) is 5.89. The third-order valence-electron chi connectivity index (χ3n) is 3.73. The second-order valence-electron chi connectivity index (χ2n) is 5.89. The molecule has 3 heteroatoms. The normalized spacial score (nSPS) is 28.1. The molecule has 92 valence electrons. The first-order valence-electron chi connectivity index (χ1n) is 5.78. The van der Waals surface area contributed by atoms with Gasteiger partial charge < -0.3 is 10.2 Å². The van der Waals surface area contributed by atoms with Gasteiger partial charge in [0.25, 0.3) is 0 Å². The number of rotatable bonds is 3. The van der Waals surface area contributed by atoms with Crippen molar-refractivity contribution in [3.05, 3.63) is 11.6 Å². The minimum absolute atomic E-state index is 0.0684. The number of allylic oxidation sites excluding steroid dienone is 2. The highest BCUT2D eigenvalue weighted by Gasteiger charge is 2.39. The molecule has 0 saturated heterocycles. The lowest BCUT2D eigenvalue weighted by Crippen LogP contribution is -2.40. The average Bonchev–Trinajstić information content (AvgIpc) is 2.11. The van der Waals surface area contributed by atoms with Gasteiger partial charge in [-0.15, -0.1) is 0 Å². The van der Waals surface area contributed by atoms with E-state index in [-0.39, 0.29) is 17.8 Å². The van der Waals surface area contributed by atoms with Crippen LogP contribution in [-0.4, -0.2) is 21.8 Å². The van der Waals surface area contributed by atoms with Crippen LogP contribution < -0.4 is 0 Å². The highest BCUT2D eigenvalue weighted by molar-refractivity contribution is 5.76. The Kier molecular flexibility index (Phi) is 3.48. The molecule has 1 rings (SSSR count). The second kappa shape index (κ2) is 4.21. The Morgan fingerprint density at radius 1 is 1.62 bits per heavy atom. The van der Waals surface area contributed by atoms with Crippen LogP contribution in [0.5, 0.6) is 0 Å². The largest absolute Gasteiger partial charge is 0.479 e. The van der Waals surface area contributed by atoms with Crippen LogP contribution in [0.1, 0.15) is 47.0 Å². The maximum Gasteiger partial charge on any atom is 0.335 e. The summed E-state index contributed by atoms with van der Waals surface area (Å²) in [4.78, 5) is 10.9. The number of hydrogen-bond acceptors (Lipinski definition) is 2. The van der Waals surface area contributed by atoms with E-state index in [1.807, 2.05) is 0 Å². The van der Waals surface area contributed by atoms with Crippen LogP contribution in [-0.2, 0) is 4.79 Å². The molecule has 0 aromatic carbocycles. The maximum atomic E-state index is 10.9. The predicted molar refractivity (Wildman–Crippen MR) is 63.1 cm³/mol. The Hall–Kier alpha value is -0.830. The van der Waals surface area contributed by atoms with Gasteiger partial charge in [-0.1, -0.05) is 25.5 Å². The highest BCUT2D eigenvalue weighted by Crippen LogP contribution is 2.42. The van der Waals surface area contributed by atoms with E-state index in [9.17, 15) is 9.90 Å². The Balaban J connectivity index is 2.86. The fourth-order valence-electron chi connectivity index (χ4n) is 2.21. The van der Waals surface area contributed by atoms with Crippen LogP contribution in [0.2, 0.25) is 0 Å². The SMILES string of the molecule is CC1=CC(CC(C)(O)C(=O)O)C(C)(C)CC1. The average molecular weight is 226 g/mol. The van der Waals surface area contributed by atoms with Gasteiger partial charge in [0.05, 0.1) is 0 Å². The molecule has 0 saturated carbocycles. The monoisotopic (exact) mass is 226 g/mol. The molecule has 0 aromatic rings. The molecule has 1 aliphatic carbocycles. The molecule has 0 spiro atoms. The number of carboxylic acid groups (broad SMARTS) is 1. The summed E-state index contributed by atoms with van der Waals surface area (Å²) in [6, 6.07) is 0. The van der Waals surface area contributed by atoms with E-state index in [0.717, 1.165) is 12.8 Å². The lowest BCUT2D eigenvalue weighted by molar-refractivity contribution is -0.158. The van der Waals surface area contributed by atoms with Crippen molar-refractivity contribution in [2.45, 2.75) is 52.6 Å². The molecule has 2 N–H and O–H groups in total. The standard InChI is InChI=1S/C13H22O3/c1-9-5-6-12(2,3)10(7-9)8-13(4,16)11(14)15/h7,10,16H,5-6,8H2,1-4H3,(H,14,15). The third-order valence-corrected chi connectivity index (χ3v) is 3.73. The smallest absolute Gasteiger partial charge is 0.335 e. The number of aliphatic carboxylic acids is 1. The molecule has 3 nitrogen and oxygen atoms in total. The van der Waals surface area contributed by atoms with Gasteiger partial charge in [0.1, 0.15) is 0 Å². The summed E-state index contributed by atoms with van der Waals surface area (Å²) in [6.07, 6.45) is 4.53. The molecular formula is C13H22O3. The van der Waals surface area contributed by atoms with Gasteiger partial charge in [-0.05, 0) is 44.4 Å². The zero-order valence-electron chi connectivity index (χ0n) is 10.6. The van der Waals surface area contributed by atoms with Crippen molar-refractivity contribution in [2.75, 3.05) is 0 Å². The number of hydrogen-bond donors (Lipinski definition) is 2. The fraction of sp³-hybridized carbons (Fsp3) is 0.769. The molecule has 0 aliphatic heterocycles. The molecule has 0 radical (unpaired) electrons. The van der Waals surface area contributed by atoms with Crippen LogP contribution in [0.25, 0.3) is 0 Å². The summed E-state index contributed by atoms with van der Waals surface area (Å²) >= 11 is 0. The maximum absolute atomic E-state index is 10.9. The van der Waals surface area contributed by atoms with Crippen molar-refractivity contribution >= 4 is 5.97 Å². The van der Waals surface area contributed by atoms with Gasteiger partial charge in [-0.2, -0.15) is 0 Å². The molecule has 1 aliphatic rings. The van der Waals surface area contributed by atoms with Crippen LogP contribution in [0.4, 0.5) is 0 Å². The molecule has 0 bridgehead atoms. The fourth-order valence-corrected chi connectivity index (χ4v) is 2.21. The minimum Gasteiger partial charge on any atom is -0.479 e. The van der Waals surface area contributed by atoms with E-state index in [0.29, 0.717) is 0 Å². The van der Waals surface area contributed by atoms with Crippen LogP contribution >= 0.6 is 0 Å². The first-order chi connectivity index (χ1) is 7.15. The molecular weight excluding hydrogens is 204 g/mol. The van der Waals surface area contributed by atoms with Crippen molar-refractivity contribution in [1.82, 2.24) is 0 Å². The van der Waals surface area contributed by atoms with Crippen LogP contribution in [0, 0.1) is 11.3 Å². The summed E-state index contributed by atoms with van der Waals surface area (Å²) in [7, 11) is 0. The van der Waals surface area contributed by atoms with E-state index in [2.05, 4.69) is 26.8 Å². The van der Waals surface area contributed by atoms with Gasteiger partial charge in [0.15, 0.2) is 5.60 Å². The quantitative estimate of drug-likeness (QED) is 0.727. The van der Waals surface area contributed by atoms with E-state index >= 15 is 0 Å². The zero-order chi connectivity index (χ0) is 12.6. The summed E-state index contributed by atoms with van der Waals surface area (Å²) in [6.45, 7) is 7.72. The van der Waals surface area contributed by atoms with Crippen molar-refractivity contribution in [3.63, 3.8) is 0 Å². The van der Waals surface area contributed by atoms with E-state index < -0.39 is 11.6 Å². The molecule has 2 unspecified atom stereocenters. The van der Waals surface area contributed by atoms with E-state index in [4.69, 9.17) is 5.11 Å². The molecule has 0 heterocycles. The predicted octanol–water partition coefficient (Wildman–Crippen LogP) is 2.59. The topological polar surface area (TPSA) is 57.5 Å². The van der Waals surface area contributed by atoms with Gasteiger partial charge in [0.2, 0.25) is 0 Å². The van der Waals surface area contributed by atoms with Crippen molar-refractivity contribution in [1.29, 1.82) is 0 Å². The molecule has 16 heavy (non-hydrogen) atoms. The summed E-state index contributed by atoms with van der Waals surface area (Å²) in [5.41, 5.74) is -0.264. The number of aliphatic hydroxyl groups is 1. The number of carbonyl (C=O) groups is 1. The minimum atomic E-state index is -1.63. The van der Waals surface area contributed by atoms with E-state index in [1.54, 1.807) is 0 Å². The van der Waals surface area contributed by atoms with Crippen LogP contribution in [0.15, 0.2) is 11.6 Å². The molecule has 0 fully saturated rings. The van der Waals surface area contributed by atoms with Crippen molar-refractivity contribution in [3.8, 4) is 0 Å². The summed E-state index contributed by atoms with van der Waals surface area (Å²) < 4.78 is 0. The Morgan fingerprint density at radius 2 is 2.19 bits per heavy atom. The van der Waals surface area contributed by atoms with Crippen molar-refractivity contribution in [2.24, 2.45) is 11.3 Å². The van der Waals surface area contributed by atoms with E-state index in [1.165, 1.54) is 12.5 Å². The lowest BCUT2D eigenvalue weighted by atomic mass is 9.67. The Bertz CT molecular complexity index is 313. The molecule has 0 aromatic heterocycles. The molecule has 0 amide bonds. The van der Waals surface area contributed by atoms with Crippen molar-refractivity contribution < 1.29 is 15.0 Å². The van der Waals surface area contributed by atoms with Crippen LogP contribution in [0.3, 0.4) is 0 Å². The summed E-state index contributed by atoms with van der Waals surface area (Å²) in [5, 5.41) is 18.8. The molecule has 2 atom stereocenters. The first kappa shape index (κ1) is 13.2. The van der Waals surface area contributed by atoms with Gasteiger partial charge in [-0.25, -0.2) is 4.79 Å².